The van der Waals surface area contributed by atoms with E-state index in [4.69, 9.17) is 5.11 Å². The average Bonchev–Trinajstić information content (AvgIpc) is 2.92. The van der Waals surface area contributed by atoms with Crippen LogP contribution in [0.4, 0.5) is 0 Å². The van der Waals surface area contributed by atoms with Crippen molar-refractivity contribution in [1.82, 2.24) is 0 Å². The molecule has 1 aromatic rings. The fraction of sp³-hybridized carbons (Fsp3) is 0.545. The highest BCUT2D eigenvalue weighted by atomic mass is 32.2. The van der Waals surface area contributed by atoms with E-state index in [-0.39, 0.29) is 36.2 Å². The van der Waals surface area contributed by atoms with Crippen LogP contribution in [0.1, 0.15) is 36.8 Å². The van der Waals surface area contributed by atoms with Crippen LogP contribution in [0.25, 0.3) is 0 Å². The predicted molar refractivity (Wildman–Crippen MR) is 113 cm³/mol. The van der Waals surface area contributed by atoms with Crippen LogP contribution in [-0.2, 0) is 16.0 Å². The van der Waals surface area contributed by atoms with E-state index in [0.717, 1.165) is 22.6 Å². The van der Waals surface area contributed by atoms with Crippen molar-refractivity contribution in [3.63, 3.8) is 0 Å². The van der Waals surface area contributed by atoms with Crippen molar-refractivity contribution < 1.29 is 30.0 Å². The summed E-state index contributed by atoms with van der Waals surface area (Å²) in [6.45, 7) is 1.80. The molecule has 1 aliphatic rings. The monoisotopic (exact) mass is 422 g/mol. The summed E-state index contributed by atoms with van der Waals surface area (Å²) in [4.78, 5) is 22.8. The number of benzene rings is 1. The lowest BCUT2D eigenvalue weighted by atomic mass is 9.91. The van der Waals surface area contributed by atoms with Crippen molar-refractivity contribution in [3.05, 3.63) is 41.5 Å². The Morgan fingerprint density at radius 3 is 2.79 bits per heavy atom. The molecule has 7 heteroatoms. The smallest absolute Gasteiger partial charge is 0.303 e. The fourth-order valence-electron chi connectivity index (χ4n) is 3.64. The molecule has 2 rings (SSSR count). The third-order valence-corrected chi connectivity index (χ3v) is 6.35. The van der Waals surface area contributed by atoms with Crippen LogP contribution in [0.15, 0.2) is 30.4 Å². The lowest BCUT2D eigenvalue weighted by Gasteiger charge is -2.18. The van der Waals surface area contributed by atoms with Gasteiger partial charge < -0.3 is 20.4 Å². The molecule has 4 N–H and O–H groups in total. The molecule has 0 heterocycles. The fourth-order valence-corrected chi connectivity index (χ4v) is 4.61. The van der Waals surface area contributed by atoms with Crippen molar-refractivity contribution >= 4 is 23.5 Å². The Morgan fingerprint density at radius 2 is 2.10 bits per heavy atom. The molecule has 160 valence electrons. The third kappa shape index (κ3) is 7.49. The van der Waals surface area contributed by atoms with Gasteiger partial charge in [0.2, 0.25) is 0 Å². The maximum absolute atomic E-state index is 12.2. The Kier molecular flexibility index (Phi) is 9.20. The Bertz CT molecular complexity index is 732. The largest absolute Gasteiger partial charge is 0.508 e. The van der Waals surface area contributed by atoms with E-state index in [1.54, 1.807) is 43.0 Å². The number of carbonyl (C=O) groups excluding carboxylic acids is 1. The Morgan fingerprint density at radius 1 is 1.34 bits per heavy atom. The summed E-state index contributed by atoms with van der Waals surface area (Å²) in [6, 6.07) is 5.19. The molecule has 1 aromatic carbocycles. The summed E-state index contributed by atoms with van der Waals surface area (Å²) in [6.07, 6.45) is 3.84. The van der Waals surface area contributed by atoms with Crippen LogP contribution in [0.5, 0.6) is 5.75 Å². The first kappa shape index (κ1) is 23.4. The van der Waals surface area contributed by atoms with E-state index in [9.17, 15) is 24.9 Å². The van der Waals surface area contributed by atoms with Crippen molar-refractivity contribution in [3.8, 4) is 5.75 Å². The number of aliphatic hydroxyl groups is 2. The summed E-state index contributed by atoms with van der Waals surface area (Å²) in [5.74, 6) is 0.362. The highest BCUT2D eigenvalue weighted by Gasteiger charge is 2.39. The number of aliphatic carboxylic acids is 1. The number of thioether (sulfide) groups is 1. The van der Waals surface area contributed by atoms with Crippen molar-refractivity contribution in [2.75, 3.05) is 11.5 Å². The number of hydrogen-bond acceptors (Lipinski definition) is 6. The van der Waals surface area contributed by atoms with Gasteiger partial charge >= 0.3 is 5.97 Å². The number of ketones is 1. The second-order valence-corrected chi connectivity index (χ2v) is 8.82. The van der Waals surface area contributed by atoms with Gasteiger partial charge in [0.1, 0.15) is 11.5 Å². The number of carboxylic acid groups (broad SMARTS) is 1. The van der Waals surface area contributed by atoms with Crippen LogP contribution in [-0.4, -0.2) is 55.9 Å². The minimum Gasteiger partial charge on any atom is -0.508 e. The number of Topliss-reactive ketones (excluding diaryl/α,β-unsaturated/α-hetero) is 1. The summed E-state index contributed by atoms with van der Waals surface area (Å²) in [7, 11) is 0. The van der Waals surface area contributed by atoms with E-state index in [0.29, 0.717) is 19.3 Å². The third-order valence-electron chi connectivity index (χ3n) is 5.25. The first-order chi connectivity index (χ1) is 13.8. The molecule has 0 bridgehead atoms. The minimum absolute atomic E-state index is 0.0435. The number of carboxylic acids is 1. The number of aryl methyl sites for hydroxylation is 1. The zero-order chi connectivity index (χ0) is 21.4. The van der Waals surface area contributed by atoms with E-state index >= 15 is 0 Å². The molecule has 1 fully saturated rings. The molecule has 0 saturated heterocycles. The topological polar surface area (TPSA) is 115 Å². The standard InChI is InChI=1S/C22H30O6S/c1-14-11-15(4-7-19(14)24)12-16(23)5-6-17-18(21(26)13-20(17)25)8-10-29-9-2-3-22(27)28/h4-7,11,16-18,20,23-25H,2-3,8-10,12-13H2,1H3,(H,27,28)/b6-5+/t16?,17-,18-,20+/m1/s1. The molecular weight excluding hydrogens is 392 g/mol. The first-order valence-electron chi connectivity index (χ1n) is 9.93. The zero-order valence-corrected chi connectivity index (χ0v) is 17.5. The minimum atomic E-state index is -0.800. The molecule has 0 aromatic heterocycles. The number of hydrogen-bond donors (Lipinski definition) is 4. The van der Waals surface area contributed by atoms with Crippen LogP contribution >= 0.6 is 11.8 Å². The van der Waals surface area contributed by atoms with Crippen LogP contribution in [0.2, 0.25) is 0 Å². The van der Waals surface area contributed by atoms with Gasteiger partial charge in [0.15, 0.2) is 0 Å². The van der Waals surface area contributed by atoms with Gasteiger partial charge in [-0.1, -0.05) is 24.3 Å². The number of phenolic OH excluding ortho intramolecular Hbond substituents is 1. The van der Waals surface area contributed by atoms with Gasteiger partial charge in [0.25, 0.3) is 0 Å². The molecule has 1 aliphatic carbocycles. The van der Waals surface area contributed by atoms with Crippen molar-refractivity contribution in [2.45, 2.75) is 51.2 Å². The normalized spacial score (nSPS) is 23.0. The second-order valence-electron chi connectivity index (χ2n) is 7.60. The lowest BCUT2D eigenvalue weighted by Crippen LogP contribution is -2.20. The van der Waals surface area contributed by atoms with Crippen LogP contribution in [0.3, 0.4) is 0 Å². The molecule has 6 nitrogen and oxygen atoms in total. The highest BCUT2D eigenvalue weighted by molar-refractivity contribution is 7.99. The molecule has 0 aliphatic heterocycles. The molecular formula is C22H30O6S. The first-order valence-corrected chi connectivity index (χ1v) is 11.1. The number of phenols is 1. The van der Waals surface area contributed by atoms with Gasteiger partial charge in [-0.2, -0.15) is 11.8 Å². The number of aliphatic hydroxyl groups excluding tert-OH is 2. The molecule has 1 saturated carbocycles. The molecule has 0 radical (unpaired) electrons. The number of rotatable bonds is 11. The molecule has 0 spiro atoms. The highest BCUT2D eigenvalue weighted by Crippen LogP contribution is 2.34. The summed E-state index contributed by atoms with van der Waals surface area (Å²) < 4.78 is 0. The Balaban J connectivity index is 1.85. The average molecular weight is 423 g/mol. The number of aromatic hydroxyl groups is 1. The SMILES string of the molecule is Cc1cc(CC(O)/C=C/[C@H]2[C@@H](O)CC(=O)[C@@H]2CCSCCCC(=O)O)ccc1O. The Hall–Kier alpha value is -1.83. The van der Waals surface area contributed by atoms with E-state index in [2.05, 4.69) is 0 Å². The number of carbonyl (C=O) groups is 2. The summed E-state index contributed by atoms with van der Waals surface area (Å²) in [5.41, 5.74) is 1.64. The van der Waals surface area contributed by atoms with E-state index in [1.807, 2.05) is 6.07 Å². The van der Waals surface area contributed by atoms with Crippen LogP contribution < -0.4 is 0 Å². The zero-order valence-electron chi connectivity index (χ0n) is 16.7. The van der Waals surface area contributed by atoms with Gasteiger partial charge in [-0.25, -0.2) is 0 Å². The Labute approximate surface area is 175 Å². The predicted octanol–water partition coefficient (Wildman–Crippen LogP) is 2.71. The van der Waals surface area contributed by atoms with Crippen LogP contribution in [0, 0.1) is 18.8 Å². The summed E-state index contributed by atoms with van der Waals surface area (Å²) in [5, 5.41) is 38.8. The maximum Gasteiger partial charge on any atom is 0.303 e. The molecule has 4 atom stereocenters. The maximum atomic E-state index is 12.2. The lowest BCUT2D eigenvalue weighted by molar-refractivity contribution is -0.137. The van der Waals surface area contributed by atoms with Gasteiger partial charge in [-0.15, -0.1) is 0 Å². The molecule has 29 heavy (non-hydrogen) atoms. The molecule has 0 amide bonds. The molecule has 1 unspecified atom stereocenters. The van der Waals surface area contributed by atoms with E-state index < -0.39 is 18.2 Å². The van der Waals surface area contributed by atoms with Crippen molar-refractivity contribution in [2.24, 2.45) is 11.8 Å². The quantitative estimate of drug-likeness (QED) is 0.320. The van der Waals surface area contributed by atoms with Gasteiger partial charge in [0, 0.05) is 31.1 Å². The van der Waals surface area contributed by atoms with Gasteiger partial charge in [0.05, 0.1) is 12.2 Å². The van der Waals surface area contributed by atoms with E-state index in [1.165, 1.54) is 0 Å². The van der Waals surface area contributed by atoms with Crippen molar-refractivity contribution in [1.29, 1.82) is 0 Å². The second kappa shape index (κ2) is 11.4. The summed E-state index contributed by atoms with van der Waals surface area (Å²) >= 11 is 1.62. The van der Waals surface area contributed by atoms with Gasteiger partial charge in [-0.3, -0.25) is 9.59 Å². The van der Waals surface area contributed by atoms with Gasteiger partial charge in [-0.05, 0) is 48.5 Å².